The Morgan fingerprint density at radius 1 is 1.20 bits per heavy atom. The minimum absolute atomic E-state index is 0.312. The first-order valence-corrected chi connectivity index (χ1v) is 9.02. The predicted molar refractivity (Wildman–Crippen MR) is 99.6 cm³/mol. The third kappa shape index (κ3) is 3.37. The van der Waals surface area contributed by atoms with Crippen LogP contribution >= 0.6 is 0 Å². The van der Waals surface area contributed by atoms with Crippen LogP contribution < -0.4 is 5.32 Å². The molecular formula is C20H24N4O. The summed E-state index contributed by atoms with van der Waals surface area (Å²) in [6.07, 6.45) is 8.18. The molecule has 3 aromatic rings. The van der Waals surface area contributed by atoms with Gasteiger partial charge in [-0.25, -0.2) is 9.50 Å². The van der Waals surface area contributed by atoms with Gasteiger partial charge in [0, 0.05) is 24.4 Å². The molecule has 0 aliphatic heterocycles. The van der Waals surface area contributed by atoms with E-state index in [0.29, 0.717) is 18.6 Å². The largest absolute Gasteiger partial charge is 0.396 e. The van der Waals surface area contributed by atoms with Crippen molar-refractivity contribution >= 4 is 11.5 Å². The number of rotatable bonds is 4. The molecule has 1 saturated carbocycles. The number of aliphatic hydroxyl groups is 1. The lowest BCUT2D eigenvalue weighted by Crippen LogP contribution is -2.27. The summed E-state index contributed by atoms with van der Waals surface area (Å²) in [6.45, 7) is 2.41. The molecule has 130 valence electrons. The monoisotopic (exact) mass is 336 g/mol. The Morgan fingerprint density at radius 2 is 2.04 bits per heavy atom. The van der Waals surface area contributed by atoms with Gasteiger partial charge in [-0.3, -0.25) is 0 Å². The summed E-state index contributed by atoms with van der Waals surface area (Å²) in [6, 6.07) is 10.8. The fourth-order valence-corrected chi connectivity index (χ4v) is 3.66. The van der Waals surface area contributed by atoms with E-state index in [-0.39, 0.29) is 0 Å². The molecule has 2 heterocycles. The molecule has 2 N–H and O–H groups in total. The van der Waals surface area contributed by atoms with Gasteiger partial charge in [0.25, 0.3) is 0 Å². The van der Waals surface area contributed by atoms with Gasteiger partial charge in [-0.2, -0.15) is 5.10 Å². The average molecular weight is 336 g/mol. The van der Waals surface area contributed by atoms with Crippen LogP contribution in [0.15, 0.2) is 42.7 Å². The fraction of sp³-hybridized carbons (Fsp3) is 0.400. The molecule has 0 spiro atoms. The van der Waals surface area contributed by atoms with Gasteiger partial charge in [0.05, 0.1) is 6.20 Å². The van der Waals surface area contributed by atoms with Crippen molar-refractivity contribution < 1.29 is 5.11 Å². The van der Waals surface area contributed by atoms with Crippen molar-refractivity contribution in [1.29, 1.82) is 0 Å². The lowest BCUT2D eigenvalue weighted by Gasteiger charge is -2.28. The van der Waals surface area contributed by atoms with Crippen molar-refractivity contribution in [3.05, 3.63) is 48.3 Å². The van der Waals surface area contributed by atoms with Crippen molar-refractivity contribution in [2.24, 2.45) is 5.92 Å². The third-order valence-electron chi connectivity index (χ3n) is 5.16. The van der Waals surface area contributed by atoms with Crippen molar-refractivity contribution in [2.75, 3.05) is 11.9 Å². The summed E-state index contributed by atoms with van der Waals surface area (Å²) in [5.74, 6) is 1.37. The Balaban J connectivity index is 1.58. The van der Waals surface area contributed by atoms with Crippen LogP contribution in [0, 0.1) is 12.8 Å². The highest BCUT2D eigenvalue weighted by Gasteiger charge is 2.21. The maximum atomic E-state index is 9.28. The number of nitrogens with one attached hydrogen (secondary N) is 1. The Labute approximate surface area is 147 Å². The lowest BCUT2D eigenvalue weighted by molar-refractivity contribution is 0.185. The molecule has 0 saturated heterocycles. The molecule has 0 radical (unpaired) electrons. The van der Waals surface area contributed by atoms with Gasteiger partial charge >= 0.3 is 0 Å². The topological polar surface area (TPSA) is 62.5 Å². The molecule has 0 unspecified atom stereocenters. The van der Waals surface area contributed by atoms with Crippen molar-refractivity contribution in [3.63, 3.8) is 0 Å². The van der Waals surface area contributed by atoms with E-state index < -0.39 is 0 Å². The second kappa shape index (κ2) is 6.84. The van der Waals surface area contributed by atoms with Crippen molar-refractivity contribution in [2.45, 2.75) is 38.6 Å². The molecule has 1 aliphatic carbocycles. The Morgan fingerprint density at radius 3 is 2.80 bits per heavy atom. The first-order chi connectivity index (χ1) is 12.2. The van der Waals surface area contributed by atoms with E-state index in [9.17, 15) is 5.11 Å². The molecule has 0 bridgehead atoms. The molecule has 5 nitrogen and oxygen atoms in total. The summed E-state index contributed by atoms with van der Waals surface area (Å²) < 4.78 is 1.82. The molecule has 0 amide bonds. The van der Waals surface area contributed by atoms with Crippen molar-refractivity contribution in [3.8, 4) is 11.1 Å². The summed E-state index contributed by atoms with van der Waals surface area (Å²) >= 11 is 0. The number of aryl methyl sites for hydroxylation is 1. The SMILES string of the molecule is Cc1cccc(-c2cnn3ccc(N[C@H]4CC[C@H](CO)CC4)nc23)c1. The van der Waals surface area contributed by atoms with Crippen LogP contribution in [-0.2, 0) is 0 Å². The molecule has 1 aromatic carbocycles. The van der Waals surface area contributed by atoms with Gasteiger partial charge in [-0.1, -0.05) is 29.8 Å². The van der Waals surface area contributed by atoms with Gasteiger partial charge in [-0.05, 0) is 50.2 Å². The van der Waals surface area contributed by atoms with Crippen LogP contribution in [-0.4, -0.2) is 32.4 Å². The van der Waals surface area contributed by atoms with E-state index >= 15 is 0 Å². The maximum Gasteiger partial charge on any atom is 0.165 e. The lowest BCUT2D eigenvalue weighted by atomic mass is 9.86. The first-order valence-electron chi connectivity index (χ1n) is 9.02. The van der Waals surface area contributed by atoms with Gasteiger partial charge in [0.1, 0.15) is 5.82 Å². The number of hydrogen-bond donors (Lipinski definition) is 2. The van der Waals surface area contributed by atoms with Crippen LogP contribution in [0.1, 0.15) is 31.2 Å². The molecule has 5 heteroatoms. The Kier molecular flexibility index (Phi) is 4.40. The summed E-state index contributed by atoms with van der Waals surface area (Å²) in [4.78, 5) is 4.81. The predicted octanol–water partition coefficient (Wildman–Crippen LogP) is 3.67. The van der Waals surface area contributed by atoms with Gasteiger partial charge in [-0.15, -0.1) is 0 Å². The summed E-state index contributed by atoms with van der Waals surface area (Å²) in [7, 11) is 0. The summed E-state index contributed by atoms with van der Waals surface area (Å²) in [5.41, 5.74) is 4.30. The van der Waals surface area contributed by atoms with Crippen molar-refractivity contribution in [1.82, 2.24) is 14.6 Å². The average Bonchev–Trinajstić information content (AvgIpc) is 3.06. The molecule has 1 fully saturated rings. The number of anilines is 1. The zero-order valence-electron chi connectivity index (χ0n) is 14.5. The highest BCUT2D eigenvalue weighted by molar-refractivity contribution is 5.78. The Hall–Kier alpha value is -2.40. The molecule has 25 heavy (non-hydrogen) atoms. The second-order valence-electron chi connectivity index (χ2n) is 7.05. The number of fused-ring (bicyclic) bond motifs is 1. The number of aromatic nitrogens is 3. The van der Waals surface area contributed by atoms with Crippen LogP contribution in [0.2, 0.25) is 0 Å². The minimum Gasteiger partial charge on any atom is -0.396 e. The first kappa shape index (κ1) is 16.1. The quantitative estimate of drug-likeness (QED) is 0.763. The zero-order valence-corrected chi connectivity index (χ0v) is 14.5. The zero-order chi connectivity index (χ0) is 17.2. The molecular weight excluding hydrogens is 312 g/mol. The van der Waals surface area contributed by atoms with E-state index in [4.69, 9.17) is 4.98 Å². The normalized spacial score (nSPS) is 20.7. The highest BCUT2D eigenvalue weighted by Crippen LogP contribution is 2.27. The maximum absolute atomic E-state index is 9.28. The van der Waals surface area contributed by atoms with Gasteiger partial charge < -0.3 is 10.4 Å². The van der Waals surface area contributed by atoms with Crippen LogP contribution in [0.3, 0.4) is 0 Å². The number of hydrogen-bond acceptors (Lipinski definition) is 4. The molecule has 1 aliphatic rings. The van der Waals surface area contributed by atoms with E-state index in [1.54, 1.807) is 0 Å². The second-order valence-corrected chi connectivity index (χ2v) is 7.05. The standard InChI is InChI=1S/C20H24N4O/c1-14-3-2-4-16(11-14)18-12-21-24-10-9-19(23-20(18)24)22-17-7-5-15(13-25)6-8-17/h2-4,9-12,15,17,25H,5-8,13H2,1H3,(H,22,23)/t15-,17-. The number of aliphatic hydroxyl groups excluding tert-OH is 1. The smallest absolute Gasteiger partial charge is 0.165 e. The molecule has 4 rings (SSSR count). The van der Waals surface area contributed by atoms with E-state index in [1.807, 2.05) is 23.0 Å². The third-order valence-corrected chi connectivity index (χ3v) is 5.16. The molecule has 2 aromatic heterocycles. The summed E-state index contributed by atoms with van der Waals surface area (Å²) in [5, 5.41) is 17.3. The van der Waals surface area contributed by atoms with E-state index in [2.05, 4.69) is 41.6 Å². The Bertz CT molecular complexity index is 865. The number of benzene rings is 1. The number of nitrogens with zero attached hydrogens (tertiary/aromatic N) is 3. The van der Waals surface area contributed by atoms with Gasteiger partial charge in [0.2, 0.25) is 0 Å². The van der Waals surface area contributed by atoms with Crippen LogP contribution in [0.4, 0.5) is 5.82 Å². The van der Waals surface area contributed by atoms with E-state index in [1.165, 1.54) is 5.56 Å². The fourth-order valence-electron chi connectivity index (χ4n) is 3.66. The highest BCUT2D eigenvalue weighted by atomic mass is 16.3. The van der Waals surface area contributed by atoms with Crippen LogP contribution in [0.25, 0.3) is 16.8 Å². The van der Waals surface area contributed by atoms with Gasteiger partial charge in [0.15, 0.2) is 5.65 Å². The minimum atomic E-state index is 0.312. The van der Waals surface area contributed by atoms with E-state index in [0.717, 1.165) is 48.3 Å². The van der Waals surface area contributed by atoms with Crippen LogP contribution in [0.5, 0.6) is 0 Å². The molecule has 0 atom stereocenters.